The van der Waals surface area contributed by atoms with Crippen molar-refractivity contribution in [3.8, 4) is 5.75 Å². The number of rotatable bonds is 7. The molecule has 2 rings (SSSR count). The maximum Gasteiger partial charge on any atom is 0.119 e. The van der Waals surface area contributed by atoms with E-state index in [2.05, 4.69) is 52.4 Å². The highest BCUT2D eigenvalue weighted by Gasteiger charge is 1.97. The van der Waals surface area contributed by atoms with Gasteiger partial charge in [0.25, 0.3) is 0 Å². The SMILES string of the molecule is CCCCOc1ccc(CNc2ccc(Br)cc2)cc1. The molecule has 3 heteroatoms. The summed E-state index contributed by atoms with van der Waals surface area (Å²) in [4.78, 5) is 0. The van der Waals surface area contributed by atoms with Crippen LogP contribution in [0.15, 0.2) is 53.0 Å². The normalized spacial score (nSPS) is 10.3. The van der Waals surface area contributed by atoms with Crippen LogP contribution in [0.1, 0.15) is 25.3 Å². The van der Waals surface area contributed by atoms with Crippen molar-refractivity contribution in [2.45, 2.75) is 26.3 Å². The van der Waals surface area contributed by atoms with Crippen molar-refractivity contribution in [2.75, 3.05) is 11.9 Å². The molecule has 0 spiro atoms. The average Bonchev–Trinajstić information content (AvgIpc) is 2.48. The smallest absolute Gasteiger partial charge is 0.119 e. The topological polar surface area (TPSA) is 21.3 Å². The van der Waals surface area contributed by atoms with E-state index in [-0.39, 0.29) is 0 Å². The third-order valence-corrected chi connectivity index (χ3v) is 3.56. The Morgan fingerprint density at radius 3 is 2.35 bits per heavy atom. The Hall–Kier alpha value is -1.48. The fraction of sp³-hybridized carbons (Fsp3) is 0.294. The third kappa shape index (κ3) is 4.89. The molecule has 0 amide bonds. The van der Waals surface area contributed by atoms with Crippen LogP contribution in [-0.2, 0) is 6.54 Å². The zero-order valence-corrected chi connectivity index (χ0v) is 13.3. The summed E-state index contributed by atoms with van der Waals surface area (Å²) in [6.45, 7) is 3.78. The van der Waals surface area contributed by atoms with Crippen LogP contribution < -0.4 is 10.1 Å². The van der Waals surface area contributed by atoms with E-state index >= 15 is 0 Å². The van der Waals surface area contributed by atoms with Crippen LogP contribution in [0.2, 0.25) is 0 Å². The predicted molar refractivity (Wildman–Crippen MR) is 88.3 cm³/mol. The second kappa shape index (κ2) is 7.95. The maximum atomic E-state index is 5.65. The summed E-state index contributed by atoms with van der Waals surface area (Å²) < 4.78 is 6.75. The van der Waals surface area contributed by atoms with Crippen LogP contribution >= 0.6 is 15.9 Å². The molecule has 0 heterocycles. The van der Waals surface area contributed by atoms with Crippen molar-refractivity contribution in [2.24, 2.45) is 0 Å². The predicted octanol–water partition coefficient (Wildman–Crippen LogP) is 5.24. The van der Waals surface area contributed by atoms with Gasteiger partial charge in [0.15, 0.2) is 0 Å². The molecule has 106 valence electrons. The van der Waals surface area contributed by atoms with Crippen LogP contribution in [0.3, 0.4) is 0 Å². The van der Waals surface area contributed by atoms with Crippen LogP contribution in [0.5, 0.6) is 5.75 Å². The molecule has 0 saturated heterocycles. The number of halogens is 1. The molecular weight excluding hydrogens is 314 g/mol. The third-order valence-electron chi connectivity index (χ3n) is 3.03. The monoisotopic (exact) mass is 333 g/mol. The number of ether oxygens (including phenoxy) is 1. The number of unbranched alkanes of at least 4 members (excludes halogenated alkanes) is 1. The van der Waals surface area contributed by atoms with E-state index in [4.69, 9.17) is 4.74 Å². The average molecular weight is 334 g/mol. The molecule has 0 saturated carbocycles. The van der Waals surface area contributed by atoms with Gasteiger partial charge in [0.1, 0.15) is 5.75 Å². The zero-order chi connectivity index (χ0) is 14.2. The van der Waals surface area contributed by atoms with Gasteiger partial charge in [-0.3, -0.25) is 0 Å². The first-order valence-electron chi connectivity index (χ1n) is 6.99. The highest BCUT2D eigenvalue weighted by Crippen LogP contribution is 2.16. The van der Waals surface area contributed by atoms with E-state index in [1.54, 1.807) is 0 Å². The highest BCUT2D eigenvalue weighted by molar-refractivity contribution is 9.10. The molecule has 0 atom stereocenters. The van der Waals surface area contributed by atoms with Gasteiger partial charge in [0.05, 0.1) is 6.61 Å². The van der Waals surface area contributed by atoms with Crippen molar-refractivity contribution in [3.63, 3.8) is 0 Å². The standard InChI is InChI=1S/C17H20BrNO/c1-2-3-12-20-17-10-4-14(5-11-17)13-19-16-8-6-15(18)7-9-16/h4-11,19H,2-3,12-13H2,1H3. The Morgan fingerprint density at radius 2 is 1.70 bits per heavy atom. The van der Waals surface area contributed by atoms with E-state index < -0.39 is 0 Å². The van der Waals surface area contributed by atoms with Gasteiger partial charge in [-0.25, -0.2) is 0 Å². The van der Waals surface area contributed by atoms with Gasteiger partial charge in [-0.1, -0.05) is 41.4 Å². The first kappa shape index (κ1) is 14.9. The molecule has 1 N–H and O–H groups in total. The lowest BCUT2D eigenvalue weighted by Crippen LogP contribution is -2.00. The second-order valence-electron chi connectivity index (χ2n) is 4.71. The molecule has 0 aromatic heterocycles. The lowest BCUT2D eigenvalue weighted by molar-refractivity contribution is 0.309. The summed E-state index contributed by atoms with van der Waals surface area (Å²) in [5, 5.41) is 3.40. The van der Waals surface area contributed by atoms with Crippen molar-refractivity contribution in [3.05, 3.63) is 58.6 Å². The second-order valence-corrected chi connectivity index (χ2v) is 5.62. The molecule has 0 aliphatic rings. The van der Waals surface area contributed by atoms with Gasteiger partial charge in [0, 0.05) is 16.7 Å². The summed E-state index contributed by atoms with van der Waals surface area (Å²) in [5.74, 6) is 0.950. The van der Waals surface area contributed by atoms with E-state index in [1.807, 2.05) is 24.3 Å². The molecule has 0 unspecified atom stereocenters. The molecule has 2 aromatic rings. The van der Waals surface area contributed by atoms with E-state index in [1.165, 1.54) is 5.56 Å². The summed E-state index contributed by atoms with van der Waals surface area (Å²) in [7, 11) is 0. The quantitative estimate of drug-likeness (QED) is 0.699. The number of anilines is 1. The fourth-order valence-corrected chi connectivity index (χ4v) is 2.07. The summed E-state index contributed by atoms with van der Waals surface area (Å²) in [5.41, 5.74) is 2.37. The van der Waals surface area contributed by atoms with E-state index in [9.17, 15) is 0 Å². The molecular formula is C17H20BrNO. The first-order valence-corrected chi connectivity index (χ1v) is 7.78. The van der Waals surface area contributed by atoms with E-state index in [0.717, 1.165) is 41.9 Å². The van der Waals surface area contributed by atoms with Gasteiger partial charge < -0.3 is 10.1 Å². The number of hydrogen-bond donors (Lipinski definition) is 1. The molecule has 0 aliphatic heterocycles. The molecule has 0 fully saturated rings. The van der Waals surface area contributed by atoms with Crippen molar-refractivity contribution >= 4 is 21.6 Å². The van der Waals surface area contributed by atoms with Gasteiger partial charge in [-0.15, -0.1) is 0 Å². The fourth-order valence-electron chi connectivity index (χ4n) is 1.81. The van der Waals surface area contributed by atoms with E-state index in [0.29, 0.717) is 0 Å². The van der Waals surface area contributed by atoms with Crippen molar-refractivity contribution < 1.29 is 4.74 Å². The van der Waals surface area contributed by atoms with Gasteiger partial charge in [-0.05, 0) is 48.4 Å². The van der Waals surface area contributed by atoms with Crippen molar-refractivity contribution in [1.82, 2.24) is 0 Å². The Balaban J connectivity index is 1.82. The molecule has 20 heavy (non-hydrogen) atoms. The minimum atomic E-state index is 0.799. The summed E-state index contributed by atoms with van der Waals surface area (Å²) in [6.07, 6.45) is 2.27. The van der Waals surface area contributed by atoms with Crippen molar-refractivity contribution in [1.29, 1.82) is 0 Å². The number of hydrogen-bond acceptors (Lipinski definition) is 2. The Morgan fingerprint density at radius 1 is 1.00 bits per heavy atom. The minimum Gasteiger partial charge on any atom is -0.494 e. The Labute approximate surface area is 129 Å². The summed E-state index contributed by atoms with van der Waals surface area (Å²) in [6, 6.07) is 16.5. The van der Waals surface area contributed by atoms with Crippen LogP contribution in [0, 0.1) is 0 Å². The molecule has 2 aromatic carbocycles. The van der Waals surface area contributed by atoms with Gasteiger partial charge in [-0.2, -0.15) is 0 Å². The Kier molecular flexibility index (Phi) is 5.93. The molecule has 0 aliphatic carbocycles. The lowest BCUT2D eigenvalue weighted by atomic mass is 10.2. The van der Waals surface area contributed by atoms with Gasteiger partial charge >= 0.3 is 0 Å². The number of nitrogens with one attached hydrogen (secondary N) is 1. The minimum absolute atomic E-state index is 0.799. The van der Waals surface area contributed by atoms with Gasteiger partial charge in [0.2, 0.25) is 0 Å². The molecule has 0 bridgehead atoms. The summed E-state index contributed by atoms with van der Waals surface area (Å²) >= 11 is 3.43. The van der Waals surface area contributed by atoms with Crippen LogP contribution in [-0.4, -0.2) is 6.61 Å². The molecule has 2 nitrogen and oxygen atoms in total. The maximum absolute atomic E-state index is 5.65. The Bertz CT molecular complexity index is 508. The largest absolute Gasteiger partial charge is 0.494 e. The zero-order valence-electron chi connectivity index (χ0n) is 11.7. The van der Waals surface area contributed by atoms with Crippen LogP contribution in [0.4, 0.5) is 5.69 Å². The highest BCUT2D eigenvalue weighted by atomic mass is 79.9. The van der Waals surface area contributed by atoms with Crippen LogP contribution in [0.25, 0.3) is 0 Å². The number of benzene rings is 2. The molecule has 0 radical (unpaired) electrons. The lowest BCUT2D eigenvalue weighted by Gasteiger charge is -2.08. The first-order chi connectivity index (χ1) is 9.78.